The number of thioether (sulfide) groups is 1. The molecule has 8 rings (SSSR count). The third-order valence-corrected chi connectivity index (χ3v) is 9.04. The molecule has 1 spiro atoms. The van der Waals surface area contributed by atoms with E-state index in [0.717, 1.165) is 0 Å². The summed E-state index contributed by atoms with van der Waals surface area (Å²) in [6.07, 6.45) is 0. The van der Waals surface area contributed by atoms with Crippen molar-refractivity contribution >= 4 is 34.2 Å². The van der Waals surface area contributed by atoms with Crippen LogP contribution in [0.25, 0.3) is 11.1 Å². The highest BCUT2D eigenvalue weighted by atomic mass is 32.2. The molecule has 0 unspecified atom stereocenters. The summed E-state index contributed by atoms with van der Waals surface area (Å²) in [5, 5.41) is 2.25. The molecular formula is C26H16S2. The van der Waals surface area contributed by atoms with Crippen molar-refractivity contribution in [2.75, 3.05) is 0 Å². The van der Waals surface area contributed by atoms with E-state index in [-0.39, 0.29) is 4.75 Å². The molecule has 0 saturated heterocycles. The number of hydrogen-bond donors (Lipinski definition) is 0. The Morgan fingerprint density at radius 1 is 0.679 bits per heavy atom. The highest BCUT2D eigenvalue weighted by molar-refractivity contribution is 8.03. The number of fused-ring (bicyclic) bond motifs is 1. The molecule has 0 radical (unpaired) electrons. The van der Waals surface area contributed by atoms with E-state index in [2.05, 4.69) is 102 Å². The van der Waals surface area contributed by atoms with Gasteiger partial charge in [-0.3, -0.25) is 0 Å². The van der Waals surface area contributed by atoms with Crippen molar-refractivity contribution in [3.8, 4) is 0 Å². The lowest BCUT2D eigenvalue weighted by Gasteiger charge is -2.49. The Bertz CT molecular complexity index is 1250. The largest absolute Gasteiger partial charge is 0.137 e. The van der Waals surface area contributed by atoms with Gasteiger partial charge < -0.3 is 0 Å². The minimum atomic E-state index is -0.116. The molecule has 132 valence electrons. The highest BCUT2D eigenvalue weighted by Gasteiger charge is 2.57. The number of allylic oxidation sites excluding steroid dienone is 1. The molecule has 2 heterocycles. The molecule has 0 saturated carbocycles. The first kappa shape index (κ1) is 15.4. The SMILES string of the molecule is c1ccc(C2=C3c4ccsc4SC34c3ccccc3C2c2ccccc24)cc1. The average Bonchev–Trinajstić information content (AvgIpc) is 3.34. The molecule has 0 nitrogen and oxygen atoms in total. The lowest BCUT2D eigenvalue weighted by molar-refractivity contribution is 0.807. The third-order valence-electron chi connectivity index (χ3n) is 6.44. The molecule has 4 aromatic rings. The summed E-state index contributed by atoms with van der Waals surface area (Å²) in [5.41, 5.74) is 11.8. The van der Waals surface area contributed by atoms with Gasteiger partial charge in [-0.25, -0.2) is 0 Å². The standard InChI is InChI=1S/C26H16S2/c1-2-8-16(9-3-1)22-23-17-10-4-6-12-20(17)26(21-13-7-5-11-18(21)23)24(22)19-14-15-27-25(19)28-26/h1-15,23H. The Kier molecular flexibility index (Phi) is 2.90. The number of thiophene rings is 1. The van der Waals surface area contributed by atoms with Gasteiger partial charge in [-0.15, -0.1) is 11.3 Å². The maximum absolute atomic E-state index is 2.36. The molecule has 3 aliphatic carbocycles. The number of rotatable bonds is 1. The summed E-state index contributed by atoms with van der Waals surface area (Å²) in [6, 6.07) is 31.6. The lowest BCUT2D eigenvalue weighted by atomic mass is 9.58. The first-order chi connectivity index (χ1) is 13.9. The normalized spacial score (nSPS) is 23.2. The van der Waals surface area contributed by atoms with Gasteiger partial charge in [0.1, 0.15) is 0 Å². The van der Waals surface area contributed by atoms with E-state index in [1.807, 2.05) is 11.3 Å². The lowest BCUT2D eigenvalue weighted by Crippen LogP contribution is -2.37. The van der Waals surface area contributed by atoms with Gasteiger partial charge in [-0.05, 0) is 50.4 Å². The van der Waals surface area contributed by atoms with Gasteiger partial charge in [0.25, 0.3) is 0 Å². The van der Waals surface area contributed by atoms with Gasteiger partial charge in [0.05, 0.1) is 8.96 Å². The summed E-state index contributed by atoms with van der Waals surface area (Å²) in [5.74, 6) is 0.304. The fourth-order valence-corrected chi connectivity index (χ4v) is 8.32. The van der Waals surface area contributed by atoms with Crippen LogP contribution in [-0.2, 0) is 4.75 Å². The molecule has 2 heteroatoms. The minimum absolute atomic E-state index is 0.116. The van der Waals surface area contributed by atoms with Crippen LogP contribution >= 0.6 is 23.1 Å². The van der Waals surface area contributed by atoms with E-state index in [0.29, 0.717) is 5.92 Å². The fraction of sp³-hybridized carbons (Fsp3) is 0.0769. The maximum atomic E-state index is 2.36. The summed E-state index contributed by atoms with van der Waals surface area (Å²) < 4.78 is 1.34. The van der Waals surface area contributed by atoms with E-state index in [1.54, 1.807) is 0 Å². The van der Waals surface area contributed by atoms with Gasteiger partial charge in [0, 0.05) is 11.5 Å². The van der Waals surface area contributed by atoms with Crippen molar-refractivity contribution in [2.45, 2.75) is 14.9 Å². The van der Waals surface area contributed by atoms with Crippen LogP contribution in [0.4, 0.5) is 0 Å². The van der Waals surface area contributed by atoms with Crippen LogP contribution in [0.2, 0.25) is 0 Å². The van der Waals surface area contributed by atoms with Crippen molar-refractivity contribution in [1.82, 2.24) is 0 Å². The second-order valence-corrected chi connectivity index (χ2v) is 10.1. The molecule has 4 aliphatic rings. The summed E-state index contributed by atoms with van der Waals surface area (Å²) in [7, 11) is 0. The second kappa shape index (κ2) is 5.28. The first-order valence-corrected chi connectivity index (χ1v) is 11.3. The van der Waals surface area contributed by atoms with E-state index < -0.39 is 0 Å². The van der Waals surface area contributed by atoms with Gasteiger partial charge in [-0.2, -0.15) is 0 Å². The number of hydrogen-bond acceptors (Lipinski definition) is 2. The van der Waals surface area contributed by atoms with E-state index in [4.69, 9.17) is 0 Å². The Morgan fingerprint density at radius 2 is 1.32 bits per heavy atom. The van der Waals surface area contributed by atoms with Crippen LogP contribution < -0.4 is 0 Å². The Morgan fingerprint density at radius 3 is 2.04 bits per heavy atom. The molecule has 3 aromatic carbocycles. The van der Waals surface area contributed by atoms with E-state index >= 15 is 0 Å². The summed E-state index contributed by atoms with van der Waals surface area (Å²) in [4.78, 5) is 0. The highest BCUT2D eigenvalue weighted by Crippen LogP contribution is 2.73. The van der Waals surface area contributed by atoms with E-state index in [1.165, 1.54) is 48.7 Å². The van der Waals surface area contributed by atoms with Crippen LogP contribution in [0.3, 0.4) is 0 Å². The molecule has 1 aromatic heterocycles. The van der Waals surface area contributed by atoms with Crippen LogP contribution in [0.1, 0.15) is 39.3 Å². The zero-order chi connectivity index (χ0) is 18.3. The molecule has 0 atom stereocenters. The number of benzene rings is 3. The van der Waals surface area contributed by atoms with Crippen LogP contribution in [-0.4, -0.2) is 0 Å². The van der Waals surface area contributed by atoms with Crippen molar-refractivity contribution < 1.29 is 0 Å². The Labute approximate surface area is 172 Å². The smallest absolute Gasteiger partial charge is 0.0977 e. The molecule has 2 bridgehead atoms. The van der Waals surface area contributed by atoms with Gasteiger partial charge in [0.15, 0.2) is 0 Å². The Balaban J connectivity index is 1.70. The van der Waals surface area contributed by atoms with Crippen molar-refractivity contribution in [2.24, 2.45) is 0 Å². The Hall–Kier alpha value is -2.55. The van der Waals surface area contributed by atoms with Crippen LogP contribution in [0.5, 0.6) is 0 Å². The predicted octanol–water partition coefficient (Wildman–Crippen LogP) is 7.17. The van der Waals surface area contributed by atoms with Gasteiger partial charge in [0.2, 0.25) is 0 Å². The predicted molar refractivity (Wildman–Crippen MR) is 119 cm³/mol. The zero-order valence-electron chi connectivity index (χ0n) is 15.1. The fourth-order valence-electron chi connectivity index (χ4n) is 5.49. The summed E-state index contributed by atoms with van der Waals surface area (Å²) >= 11 is 3.94. The molecule has 0 amide bonds. The van der Waals surface area contributed by atoms with E-state index in [9.17, 15) is 0 Å². The molecule has 28 heavy (non-hydrogen) atoms. The van der Waals surface area contributed by atoms with Gasteiger partial charge >= 0.3 is 0 Å². The quantitative estimate of drug-likeness (QED) is 0.331. The first-order valence-electron chi connectivity index (χ1n) is 9.65. The zero-order valence-corrected chi connectivity index (χ0v) is 16.7. The average molecular weight is 393 g/mol. The maximum Gasteiger partial charge on any atom is 0.0977 e. The van der Waals surface area contributed by atoms with Crippen LogP contribution in [0, 0.1) is 0 Å². The van der Waals surface area contributed by atoms with Crippen molar-refractivity contribution in [3.63, 3.8) is 0 Å². The van der Waals surface area contributed by atoms with Crippen molar-refractivity contribution in [1.29, 1.82) is 0 Å². The molecule has 1 aliphatic heterocycles. The second-order valence-electron chi connectivity index (χ2n) is 7.67. The minimum Gasteiger partial charge on any atom is -0.137 e. The monoisotopic (exact) mass is 392 g/mol. The van der Waals surface area contributed by atoms with Crippen molar-refractivity contribution in [3.05, 3.63) is 124 Å². The summed E-state index contributed by atoms with van der Waals surface area (Å²) in [6.45, 7) is 0. The van der Waals surface area contributed by atoms with Crippen LogP contribution in [0.15, 0.2) is 94.5 Å². The topological polar surface area (TPSA) is 0 Å². The molecule has 0 fully saturated rings. The van der Waals surface area contributed by atoms with Gasteiger partial charge in [-0.1, -0.05) is 90.6 Å². The molecular weight excluding hydrogens is 376 g/mol. The third kappa shape index (κ3) is 1.66. The molecule has 0 N–H and O–H groups in total.